The van der Waals surface area contributed by atoms with E-state index in [1.807, 2.05) is 121 Å². The summed E-state index contributed by atoms with van der Waals surface area (Å²) in [6.07, 6.45) is 12.4. The van der Waals surface area contributed by atoms with Gasteiger partial charge in [0.25, 0.3) is 0 Å². The average molecular weight is 931 g/mol. The zero-order chi connectivity index (χ0) is 48.7. The van der Waals surface area contributed by atoms with Crippen LogP contribution in [0, 0.1) is 0 Å². The first-order chi connectivity index (χ1) is 34.1. The van der Waals surface area contributed by atoms with Crippen molar-refractivity contribution in [3.63, 3.8) is 0 Å². The molecule has 5 heterocycles. The molecule has 0 radical (unpaired) electrons. The molecule has 2 amide bonds. The predicted octanol–water partition coefficient (Wildman–Crippen LogP) is 9.28. The van der Waals surface area contributed by atoms with Crippen LogP contribution in [0.2, 0.25) is 0 Å². The summed E-state index contributed by atoms with van der Waals surface area (Å²) < 4.78 is 0. The number of nitrogens with one attached hydrogen (secondary N) is 4. The molecule has 354 valence electrons. The van der Waals surface area contributed by atoms with Gasteiger partial charge in [0.2, 0.25) is 11.8 Å². The molecule has 14 heteroatoms. The number of hydrogen-bond acceptors (Lipinski definition) is 10. The number of carbonyl (C=O) groups is 2. The largest absolute Gasteiger partial charge is 0.399 e. The minimum absolute atomic E-state index is 0.245. The summed E-state index contributed by atoms with van der Waals surface area (Å²) in [6, 6.07) is 37.9. The number of nitrogens with two attached hydrogens (primary N) is 6. The Balaban J connectivity index is 1.25. The second-order valence-electron chi connectivity index (χ2n) is 17.7. The molecule has 0 saturated carbocycles. The van der Waals surface area contributed by atoms with E-state index in [4.69, 9.17) is 44.4 Å². The quantitative estimate of drug-likeness (QED) is 0.0324. The van der Waals surface area contributed by atoms with Crippen LogP contribution in [-0.4, -0.2) is 56.9 Å². The van der Waals surface area contributed by atoms with Crippen molar-refractivity contribution in [2.45, 2.75) is 50.6 Å². The fourth-order valence-corrected chi connectivity index (χ4v) is 8.91. The van der Waals surface area contributed by atoms with Crippen LogP contribution in [0.3, 0.4) is 0 Å². The summed E-state index contributed by atoms with van der Waals surface area (Å²) >= 11 is 0. The molecule has 9 rings (SSSR count). The zero-order valence-corrected chi connectivity index (χ0v) is 38.8. The van der Waals surface area contributed by atoms with E-state index in [0.29, 0.717) is 48.7 Å². The van der Waals surface area contributed by atoms with Gasteiger partial charge in [0, 0.05) is 67.1 Å². The molecular formula is C56H58N12O2. The summed E-state index contributed by atoms with van der Waals surface area (Å²) in [5.41, 5.74) is 52.0. The lowest BCUT2D eigenvalue weighted by Crippen LogP contribution is -2.35. The Morgan fingerprint density at radius 1 is 0.429 bits per heavy atom. The van der Waals surface area contributed by atoms with Gasteiger partial charge >= 0.3 is 0 Å². The van der Waals surface area contributed by atoms with Crippen molar-refractivity contribution in [3.05, 3.63) is 144 Å². The highest BCUT2D eigenvalue weighted by molar-refractivity contribution is 6.01. The van der Waals surface area contributed by atoms with E-state index in [9.17, 15) is 9.59 Å². The van der Waals surface area contributed by atoms with E-state index < -0.39 is 12.1 Å². The van der Waals surface area contributed by atoms with Crippen LogP contribution in [0.1, 0.15) is 61.3 Å². The van der Waals surface area contributed by atoms with Gasteiger partial charge in [-0.15, -0.1) is 0 Å². The van der Waals surface area contributed by atoms with Crippen molar-refractivity contribution >= 4 is 80.9 Å². The van der Waals surface area contributed by atoms with Gasteiger partial charge in [-0.2, -0.15) is 0 Å². The Bertz CT molecular complexity index is 3040. The Morgan fingerprint density at radius 2 is 0.714 bits per heavy atom. The number of nitrogens with zero attached hydrogens (tertiary/aromatic N) is 2. The molecule has 0 aliphatic carbocycles. The number of hydrogen-bond donors (Lipinski definition) is 10. The number of fused-ring (bicyclic) bond motifs is 8. The number of anilines is 4. The van der Waals surface area contributed by atoms with E-state index in [2.05, 4.69) is 44.9 Å². The number of aromatic amines is 2. The van der Waals surface area contributed by atoms with Crippen molar-refractivity contribution in [2.24, 2.45) is 22.9 Å². The predicted molar refractivity (Wildman–Crippen MR) is 288 cm³/mol. The highest BCUT2D eigenvalue weighted by Crippen LogP contribution is 2.39. The van der Waals surface area contributed by atoms with Gasteiger partial charge in [-0.3, -0.25) is 9.59 Å². The fraction of sp³-hybridized carbons (Fsp3) is 0.179. The molecule has 2 aliphatic rings. The first-order valence-electron chi connectivity index (χ1n) is 23.7. The summed E-state index contributed by atoms with van der Waals surface area (Å²) in [4.78, 5) is 44.4. The Labute approximate surface area is 406 Å². The van der Waals surface area contributed by atoms with E-state index in [1.54, 1.807) is 0 Å². The van der Waals surface area contributed by atoms with Crippen molar-refractivity contribution in [1.82, 2.24) is 19.9 Å². The van der Waals surface area contributed by atoms with E-state index in [0.717, 1.165) is 115 Å². The van der Waals surface area contributed by atoms with Gasteiger partial charge in [0.1, 0.15) is 0 Å². The third-order valence-corrected chi connectivity index (χ3v) is 12.6. The molecule has 3 aromatic heterocycles. The number of aromatic nitrogens is 4. The van der Waals surface area contributed by atoms with Crippen molar-refractivity contribution in [1.29, 1.82) is 0 Å². The monoisotopic (exact) mass is 930 g/mol. The molecule has 0 unspecified atom stereocenters. The highest BCUT2D eigenvalue weighted by Gasteiger charge is 2.21. The summed E-state index contributed by atoms with van der Waals surface area (Å²) in [7, 11) is 0. The van der Waals surface area contributed by atoms with Crippen LogP contribution < -0.4 is 45.0 Å². The summed E-state index contributed by atoms with van der Waals surface area (Å²) in [6.45, 7) is 1.12. The molecule has 14 nitrogen and oxygen atoms in total. The van der Waals surface area contributed by atoms with E-state index >= 15 is 0 Å². The Kier molecular flexibility index (Phi) is 14.1. The van der Waals surface area contributed by atoms with Gasteiger partial charge in [0.05, 0.1) is 34.9 Å². The lowest BCUT2D eigenvalue weighted by atomic mass is 10.0. The van der Waals surface area contributed by atoms with Crippen LogP contribution >= 0.6 is 0 Å². The number of nitrogen functional groups attached to an aromatic ring is 2. The maximum atomic E-state index is 13.0. The van der Waals surface area contributed by atoms with Crippen LogP contribution in [0.15, 0.2) is 121 Å². The minimum atomic E-state index is -0.640. The van der Waals surface area contributed by atoms with Gasteiger partial charge in [-0.1, -0.05) is 61.4 Å². The summed E-state index contributed by atoms with van der Waals surface area (Å²) in [5.74, 6) is -0.489. The van der Waals surface area contributed by atoms with Gasteiger partial charge in [0.15, 0.2) is 0 Å². The first kappa shape index (κ1) is 46.9. The third kappa shape index (κ3) is 10.3. The molecule has 0 saturated heterocycles. The number of rotatable bonds is 16. The molecule has 7 aromatic rings. The second-order valence-corrected chi connectivity index (χ2v) is 17.7. The average Bonchev–Trinajstić information content (AvgIpc) is 4.22. The van der Waals surface area contributed by atoms with Crippen molar-refractivity contribution < 1.29 is 9.59 Å². The zero-order valence-electron chi connectivity index (χ0n) is 38.8. The molecule has 4 aromatic carbocycles. The van der Waals surface area contributed by atoms with Gasteiger partial charge in [-0.25, -0.2) is 9.97 Å². The molecular weight excluding hydrogens is 873 g/mol. The molecule has 2 atom stereocenters. The number of H-pyrrole nitrogens is 2. The van der Waals surface area contributed by atoms with Gasteiger partial charge < -0.3 is 55.0 Å². The normalized spacial score (nSPS) is 12.7. The standard InChI is InChI=1S/C56H58N12O2/c57-31-3-1-5-41(61)55(69)63-39-19-11-35(12-20-39)53-47-27-23-43(65-47)51(33-7-15-37(59)16-8-33)45-25-29-49(67-45)54(36-13-21-40(22-14-36)64-56(70)42(62)6-2-4-32-58)50-30-26-46(68-50)52(44-24-28-48(53)66-44)34-9-17-38(60)18-10-34/h7-30,41-42,65,68H,1-6,31-32,57-62H2,(H,63,69)(H,64,70)/t41-,42-/m0/s1. The lowest BCUT2D eigenvalue weighted by Gasteiger charge is -2.13. The molecule has 0 spiro atoms. The Hall–Kier alpha value is -8.14. The molecule has 2 aliphatic heterocycles. The highest BCUT2D eigenvalue weighted by atomic mass is 16.2. The fourth-order valence-electron chi connectivity index (χ4n) is 8.91. The number of unbranched alkanes of at least 4 members (excludes halogenated alkanes) is 2. The van der Waals surface area contributed by atoms with Crippen LogP contribution in [0.5, 0.6) is 0 Å². The van der Waals surface area contributed by atoms with Crippen molar-refractivity contribution in [3.8, 4) is 44.5 Å². The van der Waals surface area contributed by atoms with Crippen LogP contribution in [0.25, 0.3) is 90.9 Å². The third-order valence-electron chi connectivity index (χ3n) is 12.6. The maximum Gasteiger partial charge on any atom is 0.241 e. The number of amides is 2. The SMILES string of the molecule is NCCCC[C@H](N)C(=O)Nc1ccc(-c2c3nc(c(-c4ccc(N)cc4)c4ccc([nH]4)c(-c4ccc(NC(=O)[C@@H](N)CCCCN)cc4)c4nc(c(-c5ccc(N)cc5)c5ccc2[nH]5)C=C4)C=C3)cc1. The first-order valence-corrected chi connectivity index (χ1v) is 23.7. The smallest absolute Gasteiger partial charge is 0.241 e. The lowest BCUT2D eigenvalue weighted by molar-refractivity contribution is -0.118. The van der Waals surface area contributed by atoms with Crippen molar-refractivity contribution in [2.75, 3.05) is 35.2 Å². The number of benzene rings is 4. The molecule has 16 N–H and O–H groups in total. The molecule has 0 fully saturated rings. The van der Waals surface area contributed by atoms with Crippen LogP contribution in [0.4, 0.5) is 22.7 Å². The maximum absolute atomic E-state index is 13.0. The van der Waals surface area contributed by atoms with E-state index in [1.165, 1.54) is 0 Å². The van der Waals surface area contributed by atoms with E-state index in [-0.39, 0.29) is 11.8 Å². The molecule has 70 heavy (non-hydrogen) atoms. The van der Waals surface area contributed by atoms with Gasteiger partial charge in [-0.05, 0) is 158 Å². The number of carbonyl (C=O) groups excluding carboxylic acids is 2. The topological polar surface area (TPSA) is 272 Å². The van der Waals surface area contributed by atoms with Crippen LogP contribution in [-0.2, 0) is 9.59 Å². The molecule has 8 bridgehead atoms. The minimum Gasteiger partial charge on any atom is -0.399 e. The Morgan fingerprint density at radius 3 is 1.00 bits per heavy atom. The summed E-state index contributed by atoms with van der Waals surface area (Å²) in [5, 5.41) is 5.97. The second kappa shape index (κ2) is 21.0.